The first-order chi connectivity index (χ1) is 12.2. The van der Waals surface area contributed by atoms with Crippen LogP contribution >= 0.6 is 0 Å². The molecule has 0 aliphatic carbocycles. The van der Waals surface area contributed by atoms with Gasteiger partial charge in [-0.15, -0.1) is 0 Å². The number of ether oxygens (including phenoxy) is 2. The molecule has 3 aromatic rings. The highest BCUT2D eigenvalue weighted by molar-refractivity contribution is 5.92. The molecular weight excluding hydrogens is 312 g/mol. The summed E-state index contributed by atoms with van der Waals surface area (Å²) in [5.74, 6) is 1.60. The molecule has 0 N–H and O–H groups in total. The van der Waals surface area contributed by atoms with E-state index in [-0.39, 0.29) is 0 Å². The Labute approximate surface area is 148 Å². The van der Waals surface area contributed by atoms with Gasteiger partial charge < -0.3 is 14.4 Å². The van der Waals surface area contributed by atoms with E-state index >= 15 is 0 Å². The van der Waals surface area contributed by atoms with Crippen LogP contribution in [-0.4, -0.2) is 25.7 Å². The Hall–Kier alpha value is -2.75. The molecule has 128 valence electrons. The molecule has 4 heteroatoms. The van der Waals surface area contributed by atoms with Gasteiger partial charge >= 0.3 is 0 Å². The van der Waals surface area contributed by atoms with Gasteiger partial charge in [0.1, 0.15) is 0 Å². The summed E-state index contributed by atoms with van der Waals surface area (Å²) in [4.78, 5) is 6.94. The van der Waals surface area contributed by atoms with E-state index in [1.54, 1.807) is 14.2 Å². The Kier molecular flexibility index (Phi) is 3.96. The zero-order valence-electron chi connectivity index (χ0n) is 14.9. The van der Waals surface area contributed by atoms with Gasteiger partial charge in [0.05, 0.1) is 19.7 Å². The van der Waals surface area contributed by atoms with Crippen molar-refractivity contribution < 1.29 is 9.47 Å². The van der Waals surface area contributed by atoms with E-state index in [1.807, 2.05) is 6.20 Å². The van der Waals surface area contributed by atoms with Gasteiger partial charge in [0.25, 0.3) is 0 Å². The predicted octanol–water partition coefficient (Wildman–Crippen LogP) is 4.12. The number of aryl methyl sites for hydroxylation is 1. The fourth-order valence-electron chi connectivity index (χ4n) is 3.61. The summed E-state index contributed by atoms with van der Waals surface area (Å²) in [6, 6.07) is 12.8. The first-order valence-corrected chi connectivity index (χ1v) is 8.53. The standard InChI is InChI=1S/C21H22N2O2/c1-14-4-5-18-17(10-14)19(6-8-22-18)23-9-7-15-11-20(24-2)21(25-3)12-16(15)13-23/h4-6,8,10-12H,7,9,13H2,1-3H3. The SMILES string of the molecule is COc1cc2c(cc1OC)CN(c1ccnc3ccc(C)cc13)CC2. The quantitative estimate of drug-likeness (QED) is 0.721. The Morgan fingerprint density at radius 3 is 2.48 bits per heavy atom. The highest BCUT2D eigenvalue weighted by atomic mass is 16.5. The molecular formula is C21H22N2O2. The molecule has 4 nitrogen and oxygen atoms in total. The fourth-order valence-corrected chi connectivity index (χ4v) is 3.61. The third-order valence-corrected chi connectivity index (χ3v) is 4.93. The second-order valence-electron chi connectivity index (χ2n) is 6.50. The molecule has 0 fully saturated rings. The van der Waals surface area contributed by atoms with Crippen LogP contribution in [0.2, 0.25) is 0 Å². The number of pyridine rings is 1. The number of hydrogen-bond acceptors (Lipinski definition) is 4. The van der Waals surface area contributed by atoms with Crippen molar-refractivity contribution in [1.29, 1.82) is 0 Å². The van der Waals surface area contributed by atoms with E-state index < -0.39 is 0 Å². The fraction of sp³-hybridized carbons (Fsp3) is 0.286. The molecule has 0 saturated carbocycles. The predicted molar refractivity (Wildman–Crippen MR) is 101 cm³/mol. The van der Waals surface area contributed by atoms with Gasteiger partial charge in [0.15, 0.2) is 11.5 Å². The van der Waals surface area contributed by atoms with Crippen LogP contribution in [0.3, 0.4) is 0 Å². The molecule has 0 radical (unpaired) electrons. The van der Waals surface area contributed by atoms with Crippen molar-refractivity contribution >= 4 is 16.6 Å². The molecule has 2 aromatic carbocycles. The van der Waals surface area contributed by atoms with Gasteiger partial charge in [-0.1, -0.05) is 11.6 Å². The minimum absolute atomic E-state index is 0.790. The smallest absolute Gasteiger partial charge is 0.161 e. The van der Waals surface area contributed by atoms with Crippen LogP contribution in [0.4, 0.5) is 5.69 Å². The first-order valence-electron chi connectivity index (χ1n) is 8.53. The van der Waals surface area contributed by atoms with Crippen LogP contribution in [0.25, 0.3) is 10.9 Å². The minimum Gasteiger partial charge on any atom is -0.493 e. The highest BCUT2D eigenvalue weighted by Gasteiger charge is 2.21. The second kappa shape index (κ2) is 6.28. The topological polar surface area (TPSA) is 34.6 Å². The number of benzene rings is 2. The Morgan fingerprint density at radius 2 is 1.72 bits per heavy atom. The minimum atomic E-state index is 0.790. The molecule has 0 spiro atoms. The maximum absolute atomic E-state index is 5.48. The zero-order chi connectivity index (χ0) is 17.4. The number of methoxy groups -OCH3 is 2. The lowest BCUT2D eigenvalue weighted by molar-refractivity contribution is 0.353. The second-order valence-corrected chi connectivity index (χ2v) is 6.50. The van der Waals surface area contributed by atoms with Crippen LogP contribution in [0.5, 0.6) is 11.5 Å². The van der Waals surface area contributed by atoms with E-state index in [4.69, 9.17) is 9.47 Å². The molecule has 4 rings (SSSR count). The monoisotopic (exact) mass is 334 g/mol. The van der Waals surface area contributed by atoms with E-state index in [2.05, 4.69) is 53.2 Å². The van der Waals surface area contributed by atoms with Crippen LogP contribution in [0, 0.1) is 6.92 Å². The lowest BCUT2D eigenvalue weighted by Gasteiger charge is -2.32. The summed E-state index contributed by atoms with van der Waals surface area (Å²) < 4.78 is 10.9. The number of anilines is 1. The van der Waals surface area contributed by atoms with Crippen molar-refractivity contribution in [1.82, 2.24) is 4.98 Å². The van der Waals surface area contributed by atoms with Gasteiger partial charge in [-0.2, -0.15) is 0 Å². The highest BCUT2D eigenvalue weighted by Crippen LogP contribution is 2.36. The number of rotatable bonds is 3. The van der Waals surface area contributed by atoms with Gasteiger partial charge in [0, 0.05) is 30.4 Å². The molecule has 0 saturated heterocycles. The third-order valence-electron chi connectivity index (χ3n) is 4.93. The van der Waals surface area contributed by atoms with E-state index in [0.717, 1.165) is 36.5 Å². The van der Waals surface area contributed by atoms with Crippen molar-refractivity contribution in [2.45, 2.75) is 19.9 Å². The molecule has 2 heterocycles. The summed E-state index contributed by atoms with van der Waals surface area (Å²) in [7, 11) is 3.37. The summed E-state index contributed by atoms with van der Waals surface area (Å²) in [5.41, 5.74) is 6.17. The van der Waals surface area contributed by atoms with Gasteiger partial charge in [0.2, 0.25) is 0 Å². The Morgan fingerprint density at radius 1 is 0.960 bits per heavy atom. The van der Waals surface area contributed by atoms with Crippen molar-refractivity contribution in [2.24, 2.45) is 0 Å². The number of fused-ring (bicyclic) bond motifs is 2. The van der Waals surface area contributed by atoms with Crippen LogP contribution in [0.15, 0.2) is 42.6 Å². The van der Waals surface area contributed by atoms with Crippen molar-refractivity contribution in [3.05, 3.63) is 59.3 Å². The molecule has 25 heavy (non-hydrogen) atoms. The van der Waals surface area contributed by atoms with Crippen LogP contribution in [0.1, 0.15) is 16.7 Å². The molecule has 0 unspecified atom stereocenters. The third kappa shape index (κ3) is 2.78. The average Bonchev–Trinajstić information content (AvgIpc) is 2.65. The van der Waals surface area contributed by atoms with Crippen molar-refractivity contribution in [3.8, 4) is 11.5 Å². The summed E-state index contributed by atoms with van der Waals surface area (Å²) in [5, 5.41) is 1.21. The van der Waals surface area contributed by atoms with Crippen molar-refractivity contribution in [2.75, 3.05) is 25.7 Å². The number of nitrogens with zero attached hydrogens (tertiary/aromatic N) is 2. The zero-order valence-corrected chi connectivity index (χ0v) is 14.9. The molecule has 1 aliphatic heterocycles. The van der Waals surface area contributed by atoms with Crippen LogP contribution in [-0.2, 0) is 13.0 Å². The van der Waals surface area contributed by atoms with Gasteiger partial charge in [-0.3, -0.25) is 4.98 Å². The number of hydrogen-bond donors (Lipinski definition) is 0. The molecule has 0 amide bonds. The number of aromatic nitrogens is 1. The van der Waals surface area contributed by atoms with Gasteiger partial charge in [-0.25, -0.2) is 0 Å². The lowest BCUT2D eigenvalue weighted by Crippen LogP contribution is -2.30. The van der Waals surface area contributed by atoms with Crippen molar-refractivity contribution in [3.63, 3.8) is 0 Å². The maximum atomic E-state index is 5.48. The van der Waals surface area contributed by atoms with E-state index in [1.165, 1.54) is 27.8 Å². The summed E-state index contributed by atoms with van der Waals surface area (Å²) in [6.45, 7) is 3.97. The van der Waals surface area contributed by atoms with E-state index in [9.17, 15) is 0 Å². The molecule has 1 aliphatic rings. The van der Waals surface area contributed by atoms with E-state index in [0.29, 0.717) is 0 Å². The normalized spacial score (nSPS) is 13.6. The largest absolute Gasteiger partial charge is 0.493 e. The summed E-state index contributed by atoms with van der Waals surface area (Å²) >= 11 is 0. The first kappa shape index (κ1) is 15.8. The maximum Gasteiger partial charge on any atom is 0.161 e. The van der Waals surface area contributed by atoms with Gasteiger partial charge in [-0.05, 0) is 54.8 Å². The molecule has 0 atom stereocenters. The average molecular weight is 334 g/mol. The van der Waals surface area contributed by atoms with Crippen LogP contribution < -0.4 is 14.4 Å². The lowest BCUT2D eigenvalue weighted by atomic mass is 9.97. The molecule has 1 aromatic heterocycles. The Balaban J connectivity index is 1.75. The molecule has 0 bridgehead atoms. The Bertz CT molecular complexity index is 937. The summed E-state index contributed by atoms with van der Waals surface area (Å²) in [6.07, 6.45) is 2.89.